The number of guanidine groups is 1. The summed E-state index contributed by atoms with van der Waals surface area (Å²) in [5.74, 6) is 1.05. The van der Waals surface area contributed by atoms with Crippen molar-refractivity contribution in [3.63, 3.8) is 0 Å². The zero-order valence-electron chi connectivity index (χ0n) is 16.6. The van der Waals surface area contributed by atoms with Crippen LogP contribution in [-0.4, -0.2) is 67.0 Å². The fourth-order valence-electron chi connectivity index (χ4n) is 2.70. The summed E-state index contributed by atoms with van der Waals surface area (Å²) in [4.78, 5) is 18.4. The monoisotopic (exact) mass is 351 g/mol. The topological polar surface area (TPSA) is 69.5 Å². The highest BCUT2D eigenvalue weighted by atomic mass is 16.6. The molecule has 1 rings (SSSR count). The van der Waals surface area contributed by atoms with Gasteiger partial charge < -0.3 is 15.0 Å². The summed E-state index contributed by atoms with van der Waals surface area (Å²) in [6, 6.07) is 0.106. The molecule has 1 amide bonds. The van der Waals surface area contributed by atoms with Gasteiger partial charge in [-0.2, -0.15) is 5.10 Å². The third-order valence-corrected chi connectivity index (χ3v) is 3.68. The molecular weight excluding hydrogens is 318 g/mol. The van der Waals surface area contributed by atoms with Crippen molar-refractivity contribution in [2.24, 2.45) is 16.0 Å². The van der Waals surface area contributed by atoms with E-state index in [0.717, 1.165) is 6.42 Å². The SMILES string of the molecule is C/C=C\C=N/N(C)C(=NC)N[C@H]1C[C@@H](C)CN(C(=O)OC(C)(C)C)C1. The molecule has 142 valence electrons. The summed E-state index contributed by atoms with van der Waals surface area (Å²) in [5.41, 5.74) is -0.488. The first-order valence-electron chi connectivity index (χ1n) is 8.76. The smallest absolute Gasteiger partial charge is 0.410 e. The molecule has 0 aliphatic carbocycles. The Morgan fingerprint density at radius 2 is 2.04 bits per heavy atom. The molecule has 0 aromatic rings. The van der Waals surface area contributed by atoms with Crippen molar-refractivity contribution >= 4 is 18.3 Å². The summed E-state index contributed by atoms with van der Waals surface area (Å²) < 4.78 is 5.51. The molecule has 25 heavy (non-hydrogen) atoms. The lowest BCUT2D eigenvalue weighted by molar-refractivity contribution is 0.0145. The molecule has 0 aromatic carbocycles. The molecule has 1 heterocycles. The quantitative estimate of drug-likeness (QED) is 0.482. The summed E-state index contributed by atoms with van der Waals surface area (Å²) in [5, 5.41) is 9.39. The molecule has 0 unspecified atom stereocenters. The Hall–Kier alpha value is -2.05. The van der Waals surface area contributed by atoms with Crippen LogP contribution >= 0.6 is 0 Å². The van der Waals surface area contributed by atoms with Crippen LogP contribution in [0, 0.1) is 5.92 Å². The maximum atomic E-state index is 12.4. The van der Waals surface area contributed by atoms with Gasteiger partial charge in [0.05, 0.1) is 0 Å². The second kappa shape index (κ2) is 9.44. The zero-order chi connectivity index (χ0) is 19.0. The van der Waals surface area contributed by atoms with Gasteiger partial charge in [0.25, 0.3) is 0 Å². The number of likely N-dealkylation sites (tertiary alicyclic amines) is 1. The number of hydrogen-bond donors (Lipinski definition) is 1. The number of hydrogen-bond acceptors (Lipinski definition) is 4. The zero-order valence-corrected chi connectivity index (χ0v) is 16.6. The molecule has 0 radical (unpaired) electrons. The number of carbonyl (C=O) groups is 1. The Kier molecular flexibility index (Phi) is 7.93. The Morgan fingerprint density at radius 3 is 2.60 bits per heavy atom. The lowest BCUT2D eigenvalue weighted by Gasteiger charge is -2.38. The Labute approximate surface area is 151 Å². The predicted molar refractivity (Wildman–Crippen MR) is 103 cm³/mol. The van der Waals surface area contributed by atoms with Crippen LogP contribution in [0.3, 0.4) is 0 Å². The van der Waals surface area contributed by atoms with Gasteiger partial charge in [-0.15, -0.1) is 0 Å². The molecule has 1 aliphatic heterocycles. The number of ether oxygens (including phenoxy) is 1. The number of aliphatic imine (C=N–C) groups is 1. The maximum absolute atomic E-state index is 12.4. The Morgan fingerprint density at radius 1 is 1.36 bits per heavy atom. The molecule has 0 bridgehead atoms. The van der Waals surface area contributed by atoms with E-state index >= 15 is 0 Å². The summed E-state index contributed by atoms with van der Waals surface area (Å²) in [6.45, 7) is 11.0. The van der Waals surface area contributed by atoms with Gasteiger partial charge in [-0.1, -0.05) is 13.0 Å². The maximum Gasteiger partial charge on any atom is 0.410 e. The van der Waals surface area contributed by atoms with Crippen molar-refractivity contribution in [1.82, 2.24) is 15.2 Å². The number of carbonyl (C=O) groups excluding carboxylic acids is 1. The first-order valence-corrected chi connectivity index (χ1v) is 8.76. The van der Waals surface area contributed by atoms with Crippen LogP contribution < -0.4 is 5.32 Å². The second-order valence-corrected chi connectivity index (χ2v) is 7.43. The highest BCUT2D eigenvalue weighted by Gasteiger charge is 2.31. The fraction of sp³-hybridized carbons (Fsp3) is 0.722. The minimum absolute atomic E-state index is 0.106. The van der Waals surface area contributed by atoms with Crippen LogP contribution in [0.2, 0.25) is 0 Å². The molecule has 0 saturated carbocycles. The van der Waals surface area contributed by atoms with Crippen molar-refractivity contribution in [2.45, 2.75) is 52.7 Å². The highest BCUT2D eigenvalue weighted by molar-refractivity contribution is 5.81. The molecule has 1 aliphatic rings. The van der Waals surface area contributed by atoms with E-state index in [1.165, 1.54) is 0 Å². The predicted octanol–water partition coefficient (Wildman–Crippen LogP) is 2.70. The van der Waals surface area contributed by atoms with Crippen LogP contribution in [0.4, 0.5) is 4.79 Å². The van der Waals surface area contributed by atoms with E-state index < -0.39 is 5.60 Å². The van der Waals surface area contributed by atoms with Gasteiger partial charge in [-0.3, -0.25) is 4.99 Å². The molecule has 7 nitrogen and oxygen atoms in total. The molecule has 0 spiro atoms. The standard InChI is InChI=1S/C18H33N5O2/c1-8-9-10-20-22(7)16(19-6)21-15-11-14(2)12-23(13-15)17(24)25-18(3,4)5/h8-10,14-15H,11-13H2,1-7H3,(H,19,21)/b9-8-,20-10-/t14-,15+/m1/s1. The first kappa shape index (κ1) is 21.0. The van der Waals surface area contributed by atoms with Gasteiger partial charge in [0.1, 0.15) is 5.60 Å². The third kappa shape index (κ3) is 7.58. The first-order chi connectivity index (χ1) is 11.7. The number of hydrazone groups is 1. The van der Waals surface area contributed by atoms with Crippen LogP contribution in [0.25, 0.3) is 0 Å². The number of amides is 1. The van der Waals surface area contributed by atoms with Crippen LogP contribution in [-0.2, 0) is 4.74 Å². The molecule has 1 N–H and O–H groups in total. The normalized spacial score (nSPS) is 22.5. The lowest BCUT2D eigenvalue weighted by atomic mass is 9.96. The van der Waals surface area contributed by atoms with E-state index in [9.17, 15) is 4.79 Å². The van der Waals surface area contributed by atoms with Gasteiger partial charge in [-0.25, -0.2) is 9.80 Å². The lowest BCUT2D eigenvalue weighted by Crippen LogP contribution is -2.54. The summed E-state index contributed by atoms with van der Waals surface area (Å²) in [6.07, 6.45) is 6.18. The minimum Gasteiger partial charge on any atom is -0.444 e. The minimum atomic E-state index is -0.488. The van der Waals surface area contributed by atoms with Gasteiger partial charge >= 0.3 is 6.09 Å². The molecular formula is C18H33N5O2. The van der Waals surface area contributed by atoms with Crippen LogP contribution in [0.15, 0.2) is 22.2 Å². The number of nitrogens with zero attached hydrogens (tertiary/aromatic N) is 4. The fourth-order valence-corrected chi connectivity index (χ4v) is 2.70. The van der Waals surface area contributed by atoms with Gasteiger partial charge in [0.15, 0.2) is 0 Å². The average Bonchev–Trinajstić information content (AvgIpc) is 2.50. The molecule has 0 aromatic heterocycles. The van der Waals surface area contributed by atoms with Gasteiger partial charge in [0, 0.05) is 39.4 Å². The molecule has 7 heteroatoms. The highest BCUT2D eigenvalue weighted by Crippen LogP contribution is 2.19. The van der Waals surface area contributed by atoms with Crippen molar-refractivity contribution in [2.75, 3.05) is 27.2 Å². The van der Waals surface area contributed by atoms with E-state index in [4.69, 9.17) is 4.74 Å². The van der Waals surface area contributed by atoms with E-state index in [-0.39, 0.29) is 12.1 Å². The van der Waals surface area contributed by atoms with Crippen molar-refractivity contribution in [1.29, 1.82) is 0 Å². The number of rotatable bonds is 3. The van der Waals surface area contributed by atoms with E-state index in [2.05, 4.69) is 22.3 Å². The third-order valence-electron chi connectivity index (χ3n) is 3.68. The Balaban J connectivity index is 2.72. The van der Waals surface area contributed by atoms with Crippen LogP contribution in [0.1, 0.15) is 41.0 Å². The largest absolute Gasteiger partial charge is 0.444 e. The molecule has 1 fully saturated rings. The van der Waals surface area contributed by atoms with Crippen LogP contribution in [0.5, 0.6) is 0 Å². The number of piperidine rings is 1. The van der Waals surface area contributed by atoms with E-state index in [1.807, 2.05) is 46.9 Å². The summed E-state index contributed by atoms with van der Waals surface area (Å²) >= 11 is 0. The van der Waals surface area contributed by atoms with Gasteiger partial charge in [0.2, 0.25) is 5.96 Å². The van der Waals surface area contributed by atoms with E-state index in [0.29, 0.717) is 25.0 Å². The second-order valence-electron chi connectivity index (χ2n) is 7.43. The number of allylic oxidation sites excluding steroid dienone is 2. The van der Waals surface area contributed by atoms with Crippen molar-refractivity contribution in [3.8, 4) is 0 Å². The number of nitrogens with one attached hydrogen (secondary N) is 1. The Bertz CT molecular complexity index is 522. The van der Waals surface area contributed by atoms with E-state index in [1.54, 1.807) is 23.2 Å². The summed E-state index contributed by atoms with van der Waals surface area (Å²) in [7, 11) is 3.56. The van der Waals surface area contributed by atoms with Gasteiger partial charge in [-0.05, 0) is 46.1 Å². The average molecular weight is 351 g/mol. The molecule has 2 atom stereocenters. The molecule has 1 saturated heterocycles. The van der Waals surface area contributed by atoms with Crippen molar-refractivity contribution in [3.05, 3.63) is 12.2 Å². The van der Waals surface area contributed by atoms with Crippen molar-refractivity contribution < 1.29 is 9.53 Å².